The van der Waals surface area contributed by atoms with E-state index < -0.39 is 6.04 Å². The molecule has 4 heteroatoms. The van der Waals surface area contributed by atoms with Crippen LogP contribution in [-0.4, -0.2) is 36.5 Å². The molecular formula is C20H37NO3. The van der Waals surface area contributed by atoms with Gasteiger partial charge in [-0.2, -0.15) is 0 Å². The third-order valence-corrected chi connectivity index (χ3v) is 5.37. The van der Waals surface area contributed by atoms with Crippen molar-refractivity contribution in [3.05, 3.63) is 0 Å². The van der Waals surface area contributed by atoms with E-state index in [1.165, 1.54) is 6.42 Å². The van der Waals surface area contributed by atoms with Gasteiger partial charge in [-0.25, -0.2) is 4.79 Å². The van der Waals surface area contributed by atoms with Crippen molar-refractivity contribution < 1.29 is 14.3 Å². The summed E-state index contributed by atoms with van der Waals surface area (Å²) in [6.45, 7) is 13.0. The summed E-state index contributed by atoms with van der Waals surface area (Å²) in [5, 5.41) is 0. The van der Waals surface area contributed by atoms with Gasteiger partial charge in [0.05, 0.1) is 6.61 Å². The van der Waals surface area contributed by atoms with Gasteiger partial charge in [0.2, 0.25) is 5.91 Å². The maximum atomic E-state index is 13.1. The third kappa shape index (κ3) is 5.49. The van der Waals surface area contributed by atoms with Gasteiger partial charge in [0.25, 0.3) is 0 Å². The second kappa shape index (κ2) is 9.43. The van der Waals surface area contributed by atoms with E-state index in [2.05, 4.69) is 20.8 Å². The Morgan fingerprint density at radius 3 is 2.29 bits per heavy atom. The quantitative estimate of drug-likeness (QED) is 0.655. The fourth-order valence-corrected chi connectivity index (χ4v) is 3.84. The van der Waals surface area contributed by atoms with Gasteiger partial charge >= 0.3 is 5.97 Å². The molecule has 1 fully saturated rings. The molecule has 0 saturated heterocycles. The molecule has 4 nitrogen and oxygen atoms in total. The number of amides is 1. The lowest BCUT2D eigenvalue weighted by Gasteiger charge is -2.39. The van der Waals surface area contributed by atoms with Crippen molar-refractivity contribution in [1.82, 2.24) is 4.90 Å². The predicted octanol–water partition coefficient (Wildman–Crippen LogP) is 4.13. The van der Waals surface area contributed by atoms with Gasteiger partial charge in [0.1, 0.15) is 6.04 Å². The number of likely N-dealkylation sites (N-methyl/N-ethyl adjacent to an activating group) is 1. The molecule has 0 heterocycles. The van der Waals surface area contributed by atoms with Crippen LogP contribution < -0.4 is 0 Å². The molecule has 1 aliphatic rings. The molecular weight excluding hydrogens is 302 g/mol. The monoisotopic (exact) mass is 339 g/mol. The second-order valence-corrected chi connectivity index (χ2v) is 8.33. The van der Waals surface area contributed by atoms with Gasteiger partial charge in [0, 0.05) is 13.0 Å². The highest BCUT2D eigenvalue weighted by molar-refractivity contribution is 5.86. The zero-order chi connectivity index (χ0) is 18.4. The molecule has 0 aromatic heterocycles. The van der Waals surface area contributed by atoms with Gasteiger partial charge in [-0.05, 0) is 42.9 Å². The summed E-state index contributed by atoms with van der Waals surface area (Å²) in [5.74, 6) is 1.67. The highest BCUT2D eigenvalue weighted by atomic mass is 16.5. The first-order valence-electron chi connectivity index (χ1n) is 9.62. The summed E-state index contributed by atoms with van der Waals surface area (Å²) < 4.78 is 5.38. The zero-order valence-corrected chi connectivity index (χ0v) is 16.7. The van der Waals surface area contributed by atoms with Gasteiger partial charge < -0.3 is 9.64 Å². The van der Waals surface area contributed by atoms with Crippen LogP contribution in [0.25, 0.3) is 0 Å². The van der Waals surface area contributed by atoms with E-state index in [1.807, 2.05) is 20.8 Å². The number of nitrogens with zero attached hydrogens (tertiary/aromatic N) is 1. The van der Waals surface area contributed by atoms with E-state index in [1.54, 1.807) is 11.9 Å². The topological polar surface area (TPSA) is 46.6 Å². The molecule has 0 aromatic carbocycles. The lowest BCUT2D eigenvalue weighted by Crippen LogP contribution is -2.48. The first-order chi connectivity index (χ1) is 11.2. The number of hydrogen-bond acceptors (Lipinski definition) is 3. The van der Waals surface area contributed by atoms with Gasteiger partial charge in [-0.15, -0.1) is 0 Å². The first kappa shape index (κ1) is 21.0. The second-order valence-electron chi connectivity index (χ2n) is 8.33. The molecule has 1 amide bonds. The van der Waals surface area contributed by atoms with E-state index in [-0.39, 0.29) is 17.8 Å². The summed E-state index contributed by atoms with van der Waals surface area (Å²) in [4.78, 5) is 27.1. The summed E-state index contributed by atoms with van der Waals surface area (Å²) in [7, 11) is 1.77. The standard InChI is InChI=1S/C20H37NO3/c1-8-18(20(23)24-12-13(2)3)21(7)19(22)17-11-15(6)9-10-16(17)14(4)5/h13-18H,8-12H2,1-7H3/t15-,16+,17-,18-/m1/s1. The van der Waals surface area contributed by atoms with Crippen LogP contribution in [0.1, 0.15) is 67.2 Å². The number of carbonyl (C=O) groups excluding carboxylic acids is 2. The molecule has 0 aromatic rings. The molecule has 140 valence electrons. The van der Waals surface area contributed by atoms with Crippen molar-refractivity contribution in [1.29, 1.82) is 0 Å². The fourth-order valence-electron chi connectivity index (χ4n) is 3.84. The van der Waals surface area contributed by atoms with Crippen LogP contribution in [0.2, 0.25) is 0 Å². The van der Waals surface area contributed by atoms with Crippen LogP contribution in [0.3, 0.4) is 0 Å². The summed E-state index contributed by atoms with van der Waals surface area (Å²) in [6.07, 6.45) is 3.83. The summed E-state index contributed by atoms with van der Waals surface area (Å²) in [5.41, 5.74) is 0. The highest BCUT2D eigenvalue weighted by Crippen LogP contribution is 2.39. The SMILES string of the molecule is CC[C@H](C(=O)OCC(C)C)N(C)C(=O)[C@@H]1C[C@H](C)CC[C@H]1C(C)C. The Kier molecular flexibility index (Phi) is 8.24. The van der Waals surface area contributed by atoms with E-state index >= 15 is 0 Å². The van der Waals surface area contributed by atoms with Crippen molar-refractivity contribution >= 4 is 11.9 Å². The molecule has 0 bridgehead atoms. The largest absolute Gasteiger partial charge is 0.464 e. The molecule has 24 heavy (non-hydrogen) atoms. The number of rotatable bonds is 7. The van der Waals surface area contributed by atoms with Crippen LogP contribution >= 0.6 is 0 Å². The lowest BCUT2D eigenvalue weighted by atomic mass is 9.69. The van der Waals surface area contributed by atoms with Crippen LogP contribution in [0.5, 0.6) is 0 Å². The number of esters is 1. The number of carbonyl (C=O) groups is 2. The summed E-state index contributed by atoms with van der Waals surface area (Å²) in [6, 6.07) is -0.471. The molecule has 0 spiro atoms. The Labute approximate surface area is 148 Å². The molecule has 0 radical (unpaired) electrons. The molecule has 4 atom stereocenters. The molecule has 0 aliphatic heterocycles. The van der Waals surface area contributed by atoms with Gasteiger partial charge in [-0.1, -0.05) is 48.0 Å². The van der Waals surface area contributed by atoms with Gasteiger partial charge in [0.15, 0.2) is 0 Å². The molecule has 0 N–H and O–H groups in total. The molecule has 1 aliphatic carbocycles. The summed E-state index contributed by atoms with van der Waals surface area (Å²) >= 11 is 0. The van der Waals surface area contributed by atoms with Crippen LogP contribution in [0, 0.1) is 29.6 Å². The van der Waals surface area contributed by atoms with Crippen molar-refractivity contribution in [2.45, 2.75) is 73.3 Å². The van der Waals surface area contributed by atoms with E-state index in [4.69, 9.17) is 4.74 Å². The van der Waals surface area contributed by atoms with Crippen molar-refractivity contribution in [2.24, 2.45) is 29.6 Å². The maximum Gasteiger partial charge on any atom is 0.328 e. The zero-order valence-electron chi connectivity index (χ0n) is 16.7. The maximum absolute atomic E-state index is 13.1. The van der Waals surface area contributed by atoms with Crippen molar-refractivity contribution in [3.8, 4) is 0 Å². The van der Waals surface area contributed by atoms with Crippen LogP contribution in [0.15, 0.2) is 0 Å². The number of ether oxygens (including phenoxy) is 1. The molecule has 0 unspecified atom stereocenters. The minimum absolute atomic E-state index is 0.0331. The van der Waals surface area contributed by atoms with Crippen molar-refractivity contribution in [3.63, 3.8) is 0 Å². The van der Waals surface area contributed by atoms with E-state index in [0.29, 0.717) is 36.7 Å². The Morgan fingerprint density at radius 1 is 1.17 bits per heavy atom. The Bertz CT molecular complexity index is 419. The smallest absolute Gasteiger partial charge is 0.328 e. The fraction of sp³-hybridized carbons (Fsp3) is 0.900. The predicted molar refractivity (Wildman–Crippen MR) is 97.5 cm³/mol. The Hall–Kier alpha value is -1.06. The average Bonchev–Trinajstić information content (AvgIpc) is 2.52. The normalized spacial score (nSPS) is 25.6. The first-order valence-corrected chi connectivity index (χ1v) is 9.62. The van der Waals surface area contributed by atoms with Crippen LogP contribution in [0.4, 0.5) is 0 Å². The van der Waals surface area contributed by atoms with Gasteiger partial charge in [-0.3, -0.25) is 4.79 Å². The average molecular weight is 340 g/mol. The third-order valence-electron chi connectivity index (χ3n) is 5.37. The number of hydrogen-bond donors (Lipinski definition) is 0. The van der Waals surface area contributed by atoms with Crippen LogP contribution in [-0.2, 0) is 14.3 Å². The van der Waals surface area contributed by atoms with E-state index in [9.17, 15) is 9.59 Å². The minimum atomic E-state index is -0.471. The Morgan fingerprint density at radius 2 is 1.79 bits per heavy atom. The minimum Gasteiger partial charge on any atom is -0.464 e. The lowest BCUT2D eigenvalue weighted by molar-refractivity contribution is -0.158. The van der Waals surface area contributed by atoms with E-state index in [0.717, 1.165) is 12.8 Å². The van der Waals surface area contributed by atoms with Crippen molar-refractivity contribution in [2.75, 3.05) is 13.7 Å². The highest BCUT2D eigenvalue weighted by Gasteiger charge is 2.39. The Balaban J connectivity index is 2.82. The molecule has 1 saturated carbocycles. The molecule has 1 rings (SSSR count).